The van der Waals surface area contributed by atoms with Crippen LogP contribution < -0.4 is 10.6 Å². The molecule has 2 N–H and O–H groups in total. The van der Waals surface area contributed by atoms with Crippen LogP contribution in [0, 0.1) is 0 Å². The summed E-state index contributed by atoms with van der Waals surface area (Å²) in [6.45, 7) is 1.74. The second-order valence-corrected chi connectivity index (χ2v) is 5.64. The van der Waals surface area contributed by atoms with E-state index in [0.29, 0.717) is 0 Å². The maximum Gasteiger partial charge on any atom is 0.418 e. The van der Waals surface area contributed by atoms with E-state index in [-0.39, 0.29) is 13.0 Å². The summed E-state index contributed by atoms with van der Waals surface area (Å²) in [6.07, 6.45) is -4.47. The lowest BCUT2D eigenvalue weighted by molar-refractivity contribution is -0.145. The number of hydrogen-bond donors (Lipinski definition) is 2. The molecule has 2 aromatic rings. The Hall–Kier alpha value is -3.03. The van der Waals surface area contributed by atoms with Crippen molar-refractivity contribution in [3.05, 3.63) is 65.7 Å². The molecule has 0 aliphatic carbocycles. The van der Waals surface area contributed by atoms with Gasteiger partial charge in [-0.2, -0.15) is 13.2 Å². The number of ether oxygens (including phenoxy) is 1. The van der Waals surface area contributed by atoms with Gasteiger partial charge >= 0.3 is 18.2 Å². The third kappa shape index (κ3) is 6.02. The number of alkyl halides is 3. The Morgan fingerprint density at radius 1 is 1.04 bits per heavy atom. The minimum Gasteiger partial charge on any atom is -0.464 e. The van der Waals surface area contributed by atoms with Gasteiger partial charge in [0, 0.05) is 6.42 Å². The molecule has 0 fully saturated rings. The second-order valence-electron chi connectivity index (χ2n) is 5.64. The van der Waals surface area contributed by atoms with E-state index in [1.165, 1.54) is 12.1 Å². The predicted octanol–water partition coefficient (Wildman–Crippen LogP) is 4.00. The predicted molar refractivity (Wildman–Crippen MR) is 94.2 cm³/mol. The van der Waals surface area contributed by atoms with Gasteiger partial charge in [-0.1, -0.05) is 42.5 Å². The van der Waals surface area contributed by atoms with E-state index in [1.54, 1.807) is 37.3 Å². The van der Waals surface area contributed by atoms with E-state index in [1.807, 2.05) is 0 Å². The van der Waals surface area contributed by atoms with E-state index in [2.05, 4.69) is 10.6 Å². The van der Waals surface area contributed by atoms with Crippen molar-refractivity contribution in [1.29, 1.82) is 0 Å². The lowest BCUT2D eigenvalue weighted by atomic mass is 10.1. The number of anilines is 1. The molecule has 0 radical (unpaired) electrons. The molecule has 0 bridgehead atoms. The minimum absolute atomic E-state index is 0.115. The summed E-state index contributed by atoms with van der Waals surface area (Å²) >= 11 is 0. The van der Waals surface area contributed by atoms with Crippen molar-refractivity contribution in [3.8, 4) is 0 Å². The number of amides is 2. The molecule has 1 atom stereocenters. The molecule has 8 heteroatoms. The van der Waals surface area contributed by atoms with Crippen molar-refractivity contribution in [2.24, 2.45) is 0 Å². The molecule has 0 aliphatic rings. The molecule has 0 saturated carbocycles. The zero-order valence-electron chi connectivity index (χ0n) is 14.5. The van der Waals surface area contributed by atoms with Crippen LogP contribution in [-0.2, 0) is 22.1 Å². The van der Waals surface area contributed by atoms with Gasteiger partial charge in [-0.15, -0.1) is 0 Å². The summed E-state index contributed by atoms with van der Waals surface area (Å²) in [5.74, 6) is -0.666. The van der Waals surface area contributed by atoms with E-state index in [4.69, 9.17) is 4.74 Å². The lowest BCUT2D eigenvalue weighted by Crippen LogP contribution is -2.45. The fourth-order valence-corrected chi connectivity index (χ4v) is 2.44. The molecule has 2 rings (SSSR count). The molecule has 5 nitrogen and oxygen atoms in total. The third-order valence-corrected chi connectivity index (χ3v) is 3.64. The minimum atomic E-state index is -4.62. The Balaban J connectivity index is 2.13. The van der Waals surface area contributed by atoms with Crippen LogP contribution in [0.4, 0.5) is 23.7 Å². The summed E-state index contributed by atoms with van der Waals surface area (Å²) in [5, 5.41) is 4.54. The molecule has 0 saturated heterocycles. The lowest BCUT2D eigenvalue weighted by Gasteiger charge is -2.19. The van der Waals surface area contributed by atoms with E-state index in [0.717, 1.165) is 17.7 Å². The molecule has 144 valence electrons. The number of esters is 1. The first-order chi connectivity index (χ1) is 12.8. The van der Waals surface area contributed by atoms with Crippen molar-refractivity contribution < 1.29 is 27.5 Å². The Bertz CT molecular complexity index is 779. The van der Waals surface area contributed by atoms with Crippen molar-refractivity contribution in [2.45, 2.75) is 25.6 Å². The zero-order valence-corrected chi connectivity index (χ0v) is 14.5. The largest absolute Gasteiger partial charge is 0.464 e. The van der Waals surface area contributed by atoms with Gasteiger partial charge in [-0.25, -0.2) is 9.59 Å². The quantitative estimate of drug-likeness (QED) is 0.745. The number of carbonyl (C=O) groups is 2. The van der Waals surface area contributed by atoms with E-state index < -0.39 is 35.5 Å². The highest BCUT2D eigenvalue weighted by atomic mass is 19.4. The van der Waals surface area contributed by atoms with Crippen LogP contribution in [0.3, 0.4) is 0 Å². The fourth-order valence-electron chi connectivity index (χ4n) is 2.44. The van der Waals surface area contributed by atoms with Crippen LogP contribution in [0.25, 0.3) is 0 Å². The standard InChI is InChI=1S/C19H19F3N2O3/c1-2-27-17(25)16(12-13-8-4-3-5-9-13)24-18(26)23-15-11-7-6-10-14(15)19(20,21)22/h3-11,16H,2,12H2,1H3,(H2,23,24,26). The number of nitrogens with one attached hydrogen (secondary N) is 2. The fraction of sp³-hybridized carbons (Fsp3) is 0.263. The molecule has 0 aromatic heterocycles. The van der Waals surface area contributed by atoms with Gasteiger partial charge in [0.2, 0.25) is 0 Å². The van der Waals surface area contributed by atoms with Gasteiger partial charge in [0.15, 0.2) is 0 Å². The molecule has 0 heterocycles. The Labute approximate surface area is 154 Å². The first-order valence-electron chi connectivity index (χ1n) is 8.25. The molecular formula is C19H19F3N2O3. The van der Waals surface area contributed by atoms with E-state index in [9.17, 15) is 22.8 Å². The highest BCUT2D eigenvalue weighted by Crippen LogP contribution is 2.34. The number of benzene rings is 2. The Morgan fingerprint density at radius 3 is 2.30 bits per heavy atom. The molecule has 1 unspecified atom stereocenters. The number of rotatable bonds is 6. The number of para-hydroxylation sites is 1. The zero-order chi connectivity index (χ0) is 19.9. The summed E-state index contributed by atoms with van der Waals surface area (Å²) in [7, 11) is 0. The first-order valence-corrected chi connectivity index (χ1v) is 8.25. The van der Waals surface area contributed by atoms with E-state index >= 15 is 0 Å². The van der Waals surface area contributed by atoms with Crippen LogP contribution in [0.5, 0.6) is 0 Å². The average Bonchev–Trinajstić information content (AvgIpc) is 2.62. The highest BCUT2D eigenvalue weighted by Gasteiger charge is 2.34. The van der Waals surface area contributed by atoms with Crippen LogP contribution in [0.2, 0.25) is 0 Å². The summed E-state index contributed by atoms with van der Waals surface area (Å²) in [5.41, 5.74) is -0.604. The van der Waals surface area contributed by atoms with Crippen molar-refractivity contribution >= 4 is 17.7 Å². The van der Waals surface area contributed by atoms with Gasteiger partial charge in [0.25, 0.3) is 0 Å². The molecule has 2 aromatic carbocycles. The van der Waals surface area contributed by atoms with Gasteiger partial charge in [-0.05, 0) is 24.6 Å². The summed E-state index contributed by atoms with van der Waals surface area (Å²) in [6, 6.07) is 11.5. The van der Waals surface area contributed by atoms with Crippen molar-refractivity contribution in [2.75, 3.05) is 11.9 Å². The van der Waals surface area contributed by atoms with Gasteiger partial charge in [-0.3, -0.25) is 0 Å². The number of urea groups is 1. The SMILES string of the molecule is CCOC(=O)C(Cc1ccccc1)NC(=O)Nc1ccccc1C(F)(F)F. The van der Waals surface area contributed by atoms with Gasteiger partial charge < -0.3 is 15.4 Å². The molecular weight excluding hydrogens is 361 g/mol. The number of hydrogen-bond acceptors (Lipinski definition) is 3. The Kier molecular flexibility index (Phi) is 6.81. The molecule has 27 heavy (non-hydrogen) atoms. The smallest absolute Gasteiger partial charge is 0.418 e. The van der Waals surface area contributed by atoms with Crippen LogP contribution >= 0.6 is 0 Å². The molecule has 0 aliphatic heterocycles. The van der Waals surface area contributed by atoms with Crippen molar-refractivity contribution in [1.82, 2.24) is 5.32 Å². The first kappa shape index (κ1) is 20.3. The van der Waals surface area contributed by atoms with Gasteiger partial charge in [0.1, 0.15) is 6.04 Å². The van der Waals surface area contributed by atoms with Gasteiger partial charge in [0.05, 0.1) is 17.9 Å². The average molecular weight is 380 g/mol. The number of carbonyl (C=O) groups excluding carboxylic acids is 2. The topological polar surface area (TPSA) is 67.4 Å². The van der Waals surface area contributed by atoms with Crippen molar-refractivity contribution in [3.63, 3.8) is 0 Å². The number of halogens is 3. The Morgan fingerprint density at radius 2 is 1.67 bits per heavy atom. The second kappa shape index (κ2) is 9.07. The monoisotopic (exact) mass is 380 g/mol. The van der Waals surface area contributed by atoms with Crippen LogP contribution in [-0.4, -0.2) is 24.6 Å². The maximum absolute atomic E-state index is 13.0. The van der Waals surface area contributed by atoms with Crippen LogP contribution in [0.15, 0.2) is 54.6 Å². The third-order valence-electron chi connectivity index (χ3n) is 3.64. The molecule has 2 amide bonds. The normalized spacial score (nSPS) is 12.1. The summed E-state index contributed by atoms with van der Waals surface area (Å²) < 4.78 is 44.0. The molecule has 0 spiro atoms. The van der Waals surface area contributed by atoms with Crippen LogP contribution in [0.1, 0.15) is 18.1 Å². The highest BCUT2D eigenvalue weighted by molar-refractivity contribution is 5.93. The maximum atomic E-state index is 13.0. The summed E-state index contributed by atoms with van der Waals surface area (Å²) in [4.78, 5) is 24.3.